The first-order chi connectivity index (χ1) is 10.0. The Hall–Kier alpha value is -2.08. The molecule has 1 amide bonds. The van der Waals surface area contributed by atoms with Crippen LogP contribution in [0, 0.1) is 0 Å². The van der Waals surface area contributed by atoms with Crippen molar-refractivity contribution in [1.82, 2.24) is 14.9 Å². The molecule has 0 aliphatic carbocycles. The van der Waals surface area contributed by atoms with E-state index in [1.54, 1.807) is 30.4 Å². The van der Waals surface area contributed by atoms with Gasteiger partial charge in [-0.3, -0.25) is 9.59 Å². The van der Waals surface area contributed by atoms with Crippen LogP contribution in [0.4, 0.5) is 0 Å². The minimum Gasteiger partial charge on any atom is -0.346 e. The van der Waals surface area contributed by atoms with Crippen molar-refractivity contribution in [2.75, 3.05) is 7.05 Å². The van der Waals surface area contributed by atoms with Crippen LogP contribution < -0.4 is 0 Å². The molecule has 0 fully saturated rings. The second-order valence-corrected chi connectivity index (χ2v) is 5.74. The Morgan fingerprint density at radius 2 is 2.24 bits per heavy atom. The first-order valence-electron chi connectivity index (χ1n) is 6.56. The van der Waals surface area contributed by atoms with Gasteiger partial charge in [-0.2, -0.15) is 0 Å². The fourth-order valence-electron chi connectivity index (χ4n) is 1.84. The van der Waals surface area contributed by atoms with E-state index in [1.807, 2.05) is 26.0 Å². The molecule has 0 atom stereocenters. The van der Waals surface area contributed by atoms with E-state index in [4.69, 9.17) is 0 Å². The Kier molecular flexibility index (Phi) is 4.80. The number of nitrogens with zero attached hydrogens (tertiary/aromatic N) is 2. The smallest absolute Gasteiger partial charge is 0.260 e. The van der Waals surface area contributed by atoms with E-state index in [-0.39, 0.29) is 11.9 Å². The van der Waals surface area contributed by atoms with Gasteiger partial charge in [0.05, 0.1) is 4.91 Å². The van der Waals surface area contributed by atoms with E-state index < -0.39 is 0 Å². The molecule has 0 saturated carbocycles. The zero-order valence-corrected chi connectivity index (χ0v) is 13.0. The van der Waals surface area contributed by atoms with Gasteiger partial charge in [0.2, 0.25) is 0 Å². The number of thioether (sulfide) groups is 1. The van der Waals surface area contributed by atoms with Gasteiger partial charge in [0.15, 0.2) is 5.62 Å². The van der Waals surface area contributed by atoms with Crippen LogP contribution in [0.5, 0.6) is 0 Å². The highest BCUT2D eigenvalue weighted by Crippen LogP contribution is 2.24. The second-order valence-electron chi connectivity index (χ2n) is 4.88. The first-order valence-corrected chi connectivity index (χ1v) is 7.43. The second kappa shape index (κ2) is 6.58. The molecule has 0 unspecified atom stereocenters. The van der Waals surface area contributed by atoms with Gasteiger partial charge in [-0.25, -0.2) is 4.98 Å². The number of aromatic amines is 1. The highest BCUT2D eigenvalue weighted by Gasteiger charge is 2.18. The molecule has 0 aliphatic heterocycles. The summed E-state index contributed by atoms with van der Waals surface area (Å²) in [6.07, 6.45) is 5.21. The third-order valence-corrected chi connectivity index (χ3v) is 3.89. The first kappa shape index (κ1) is 15.3. The maximum Gasteiger partial charge on any atom is 0.260 e. The van der Waals surface area contributed by atoms with Crippen LogP contribution in [-0.4, -0.2) is 39.5 Å². The van der Waals surface area contributed by atoms with Gasteiger partial charge in [0.1, 0.15) is 5.65 Å². The van der Waals surface area contributed by atoms with Gasteiger partial charge in [-0.1, -0.05) is 0 Å². The van der Waals surface area contributed by atoms with Gasteiger partial charge in [-0.05, 0) is 43.8 Å². The van der Waals surface area contributed by atoms with Crippen molar-refractivity contribution in [1.29, 1.82) is 0 Å². The van der Waals surface area contributed by atoms with Crippen LogP contribution in [0.2, 0.25) is 0 Å². The number of carbonyl (C=O) groups is 2. The minimum atomic E-state index is -0.166. The number of pyridine rings is 1. The summed E-state index contributed by atoms with van der Waals surface area (Å²) in [5, 5.41) is 0.918. The van der Waals surface area contributed by atoms with Gasteiger partial charge in [0, 0.05) is 36.4 Å². The normalized spacial score (nSPS) is 11.9. The molecule has 2 aromatic heterocycles. The van der Waals surface area contributed by atoms with Crippen molar-refractivity contribution in [3.05, 3.63) is 35.0 Å². The van der Waals surface area contributed by atoms with Crippen LogP contribution in [0.15, 0.2) is 29.4 Å². The molecule has 0 aromatic carbocycles. The molecule has 5 nitrogen and oxygen atoms in total. The monoisotopic (exact) mass is 303 g/mol. The summed E-state index contributed by atoms with van der Waals surface area (Å²) in [5.74, 6) is -0.166. The molecule has 0 saturated heterocycles. The Labute approximate surface area is 127 Å². The van der Waals surface area contributed by atoms with E-state index >= 15 is 0 Å². The fourth-order valence-corrected chi connectivity index (χ4v) is 2.39. The van der Waals surface area contributed by atoms with Crippen molar-refractivity contribution in [3.63, 3.8) is 0 Å². The molecule has 0 spiro atoms. The van der Waals surface area contributed by atoms with Crippen molar-refractivity contribution in [2.24, 2.45) is 0 Å². The van der Waals surface area contributed by atoms with Crippen molar-refractivity contribution in [3.8, 4) is 0 Å². The average molecular weight is 303 g/mol. The lowest BCUT2D eigenvalue weighted by atomic mass is 10.2. The van der Waals surface area contributed by atoms with Crippen molar-refractivity contribution >= 4 is 40.4 Å². The van der Waals surface area contributed by atoms with Gasteiger partial charge < -0.3 is 9.88 Å². The predicted molar refractivity (Wildman–Crippen MR) is 86.3 cm³/mol. The number of hydrogen-bond acceptors (Lipinski definition) is 4. The number of aromatic nitrogens is 2. The average Bonchev–Trinajstić information content (AvgIpc) is 2.88. The number of rotatable bonds is 5. The van der Waals surface area contributed by atoms with E-state index in [2.05, 4.69) is 9.97 Å². The summed E-state index contributed by atoms with van der Waals surface area (Å²) >= 11 is 0.892. The number of nitrogens with one attached hydrogen (secondary N) is 1. The standard InChI is InChI=1S/C15H17N3O2S/c1-10(2)18(3)15(20)13(21-9-19)7-11-8-17-14-12(11)5-4-6-16-14/h4-10H,1-3H3,(H,16,17)/b13-7-. The van der Waals surface area contributed by atoms with Crippen LogP contribution >= 0.6 is 11.8 Å². The summed E-state index contributed by atoms with van der Waals surface area (Å²) < 4.78 is 0. The Balaban J connectivity index is 2.42. The molecule has 2 rings (SSSR count). The van der Waals surface area contributed by atoms with Gasteiger partial charge in [0.25, 0.3) is 5.91 Å². The zero-order valence-electron chi connectivity index (χ0n) is 12.2. The fraction of sp³-hybridized carbons (Fsp3) is 0.267. The number of carbonyl (C=O) groups excluding carboxylic acids is 2. The van der Waals surface area contributed by atoms with E-state index in [0.717, 1.165) is 28.4 Å². The summed E-state index contributed by atoms with van der Waals surface area (Å²) in [4.78, 5) is 32.5. The van der Waals surface area contributed by atoms with E-state index in [1.165, 1.54) is 0 Å². The Morgan fingerprint density at radius 3 is 2.90 bits per heavy atom. The van der Waals surface area contributed by atoms with Gasteiger partial charge in [-0.15, -0.1) is 0 Å². The molecular formula is C15H17N3O2S. The lowest BCUT2D eigenvalue weighted by Gasteiger charge is -2.21. The molecule has 0 radical (unpaired) electrons. The maximum atomic E-state index is 12.4. The number of likely N-dealkylation sites (N-methyl/N-ethyl adjacent to an activating group) is 1. The lowest BCUT2D eigenvalue weighted by Crippen LogP contribution is -2.33. The number of hydrogen-bond donors (Lipinski definition) is 1. The Bertz CT molecular complexity index is 691. The third-order valence-electron chi connectivity index (χ3n) is 3.25. The molecule has 110 valence electrons. The molecule has 2 aromatic rings. The third kappa shape index (κ3) is 3.33. The zero-order chi connectivity index (χ0) is 15.4. The molecule has 2 heterocycles. The summed E-state index contributed by atoms with van der Waals surface area (Å²) in [6.45, 7) is 3.85. The highest BCUT2D eigenvalue weighted by molar-refractivity contribution is 8.16. The maximum absolute atomic E-state index is 12.4. The van der Waals surface area contributed by atoms with Crippen molar-refractivity contribution in [2.45, 2.75) is 19.9 Å². The molecule has 1 N–H and O–H groups in total. The highest BCUT2D eigenvalue weighted by atomic mass is 32.2. The summed E-state index contributed by atoms with van der Waals surface area (Å²) in [7, 11) is 1.73. The summed E-state index contributed by atoms with van der Waals surface area (Å²) in [6, 6.07) is 3.82. The molecule has 6 heteroatoms. The molecular weight excluding hydrogens is 286 g/mol. The van der Waals surface area contributed by atoms with E-state index in [9.17, 15) is 9.59 Å². The topological polar surface area (TPSA) is 66.1 Å². The SMILES string of the molecule is CC(C)N(C)C(=O)/C(=C/c1c[nH]c2ncccc12)SC=O. The number of amides is 1. The molecule has 0 aliphatic rings. The molecule has 21 heavy (non-hydrogen) atoms. The van der Waals surface area contributed by atoms with Crippen LogP contribution in [0.1, 0.15) is 19.4 Å². The minimum absolute atomic E-state index is 0.0674. The largest absolute Gasteiger partial charge is 0.346 e. The quantitative estimate of drug-likeness (QED) is 0.681. The van der Waals surface area contributed by atoms with E-state index in [0.29, 0.717) is 10.5 Å². The lowest BCUT2D eigenvalue weighted by molar-refractivity contribution is -0.126. The number of H-pyrrole nitrogens is 1. The van der Waals surface area contributed by atoms with Gasteiger partial charge >= 0.3 is 0 Å². The van der Waals surface area contributed by atoms with Crippen LogP contribution in [-0.2, 0) is 9.59 Å². The predicted octanol–water partition coefficient (Wildman–Crippen LogP) is 2.69. The molecule has 0 bridgehead atoms. The summed E-state index contributed by atoms with van der Waals surface area (Å²) in [5.41, 5.74) is 2.27. The number of fused-ring (bicyclic) bond motifs is 1. The Morgan fingerprint density at radius 1 is 1.48 bits per heavy atom. The van der Waals surface area contributed by atoms with Crippen molar-refractivity contribution < 1.29 is 9.59 Å². The van der Waals surface area contributed by atoms with Crippen LogP contribution in [0.3, 0.4) is 0 Å². The van der Waals surface area contributed by atoms with Crippen LogP contribution in [0.25, 0.3) is 17.1 Å².